The minimum atomic E-state index is -1.34. The van der Waals surface area contributed by atoms with Crippen LogP contribution in [0.15, 0.2) is 0 Å². The van der Waals surface area contributed by atoms with E-state index in [0.29, 0.717) is 6.54 Å². The first-order valence-electron chi connectivity index (χ1n) is 8.24. The Balaban J connectivity index is 0. The molecule has 0 aromatic rings. The molecule has 0 fully saturated rings. The molecule has 0 spiro atoms. The average Bonchev–Trinajstić information content (AvgIpc) is 2.42. The SMILES string of the molecule is CCCCCCCCCCCCN[C@@H](CC(=O)O)C(=O)[O-].[Na+]. The van der Waals surface area contributed by atoms with Crippen LogP contribution in [0.3, 0.4) is 0 Å². The third-order valence-electron chi connectivity index (χ3n) is 3.58. The fourth-order valence-electron chi connectivity index (χ4n) is 2.30. The molecule has 0 unspecified atom stereocenters. The largest absolute Gasteiger partial charge is 1.00 e. The standard InChI is InChI=1S/C16H31NO4.Na/c1-2-3-4-5-6-7-8-9-10-11-12-17-14(16(20)21)13-15(18)19;/h14,17H,2-13H2,1H3,(H,18,19)(H,20,21);/q;+1/p-1/t14-;/m0./s1. The number of unbranched alkanes of at least 4 members (excludes halogenated alkanes) is 9. The van der Waals surface area contributed by atoms with E-state index in [-0.39, 0.29) is 29.6 Å². The molecule has 0 bridgehead atoms. The Bertz CT molecular complexity index is 287. The molecule has 0 radical (unpaired) electrons. The summed E-state index contributed by atoms with van der Waals surface area (Å²) in [5.74, 6) is -2.47. The molecule has 0 aromatic heterocycles. The van der Waals surface area contributed by atoms with Gasteiger partial charge in [-0.15, -0.1) is 0 Å². The Morgan fingerprint density at radius 3 is 1.82 bits per heavy atom. The maximum absolute atomic E-state index is 10.7. The molecule has 0 aliphatic rings. The van der Waals surface area contributed by atoms with Crippen LogP contribution in [0.5, 0.6) is 0 Å². The molecule has 0 heterocycles. The zero-order chi connectivity index (χ0) is 15.9. The van der Waals surface area contributed by atoms with Crippen molar-refractivity contribution >= 4 is 11.9 Å². The first kappa shape index (κ1) is 24.2. The van der Waals surface area contributed by atoms with Crippen LogP contribution in [0.2, 0.25) is 0 Å². The van der Waals surface area contributed by atoms with E-state index in [1.807, 2.05) is 0 Å². The fourth-order valence-corrected chi connectivity index (χ4v) is 2.30. The van der Waals surface area contributed by atoms with Crippen molar-refractivity contribution < 1.29 is 49.4 Å². The molecule has 0 aliphatic carbocycles. The van der Waals surface area contributed by atoms with E-state index >= 15 is 0 Å². The quantitative estimate of drug-likeness (QED) is 0.301. The van der Waals surface area contributed by atoms with Crippen LogP contribution in [-0.2, 0) is 9.59 Å². The van der Waals surface area contributed by atoms with Crippen molar-refractivity contribution in [1.29, 1.82) is 0 Å². The van der Waals surface area contributed by atoms with Gasteiger partial charge < -0.3 is 20.3 Å². The normalized spacial score (nSPS) is 11.7. The van der Waals surface area contributed by atoms with Gasteiger partial charge in [0.2, 0.25) is 0 Å². The summed E-state index contributed by atoms with van der Waals surface area (Å²) >= 11 is 0. The van der Waals surface area contributed by atoms with Crippen LogP contribution in [0, 0.1) is 0 Å². The third kappa shape index (κ3) is 16.3. The Hall–Kier alpha value is -0.100. The summed E-state index contributed by atoms with van der Waals surface area (Å²) in [7, 11) is 0. The van der Waals surface area contributed by atoms with Crippen LogP contribution < -0.4 is 40.0 Å². The van der Waals surface area contributed by atoms with Gasteiger partial charge in [-0.25, -0.2) is 0 Å². The van der Waals surface area contributed by atoms with Gasteiger partial charge in [-0.3, -0.25) is 4.79 Å². The van der Waals surface area contributed by atoms with Crippen molar-refractivity contribution in [2.75, 3.05) is 6.54 Å². The summed E-state index contributed by atoms with van der Waals surface area (Å²) in [4.78, 5) is 21.2. The van der Waals surface area contributed by atoms with Gasteiger partial charge >= 0.3 is 35.5 Å². The minimum absolute atomic E-state index is 0. The first-order chi connectivity index (χ1) is 10.1. The molecule has 0 amide bonds. The molecule has 0 aliphatic heterocycles. The third-order valence-corrected chi connectivity index (χ3v) is 3.58. The molecule has 0 saturated heterocycles. The summed E-state index contributed by atoms with van der Waals surface area (Å²) in [5.41, 5.74) is 0. The fraction of sp³-hybridized carbons (Fsp3) is 0.875. The van der Waals surface area contributed by atoms with E-state index < -0.39 is 24.4 Å². The predicted octanol–water partition coefficient (Wildman–Crippen LogP) is -0.906. The van der Waals surface area contributed by atoms with Crippen LogP contribution >= 0.6 is 0 Å². The van der Waals surface area contributed by atoms with Gasteiger partial charge in [-0.2, -0.15) is 0 Å². The molecular formula is C16H30NNaO4. The van der Waals surface area contributed by atoms with Gasteiger partial charge in [0.15, 0.2) is 0 Å². The van der Waals surface area contributed by atoms with Gasteiger partial charge in [0.25, 0.3) is 0 Å². The molecule has 5 nitrogen and oxygen atoms in total. The van der Waals surface area contributed by atoms with Gasteiger partial charge in [0, 0.05) is 0 Å². The zero-order valence-corrected chi connectivity index (χ0v) is 16.2. The van der Waals surface area contributed by atoms with Crippen LogP contribution in [-0.4, -0.2) is 29.6 Å². The van der Waals surface area contributed by atoms with Gasteiger partial charge in [0.1, 0.15) is 0 Å². The van der Waals surface area contributed by atoms with Crippen molar-refractivity contribution in [1.82, 2.24) is 5.32 Å². The van der Waals surface area contributed by atoms with Crippen molar-refractivity contribution in [2.45, 2.75) is 83.6 Å². The number of hydrogen-bond donors (Lipinski definition) is 2. The maximum Gasteiger partial charge on any atom is 1.00 e. The van der Waals surface area contributed by atoms with E-state index in [1.54, 1.807) is 0 Å². The van der Waals surface area contributed by atoms with Crippen LogP contribution in [0.1, 0.15) is 77.6 Å². The number of nitrogens with one attached hydrogen (secondary N) is 1. The summed E-state index contributed by atoms with van der Waals surface area (Å²) in [6.45, 7) is 2.75. The van der Waals surface area contributed by atoms with E-state index in [9.17, 15) is 14.7 Å². The number of carbonyl (C=O) groups is 2. The number of hydrogen-bond acceptors (Lipinski definition) is 4. The van der Waals surface area contributed by atoms with Crippen molar-refractivity contribution in [3.63, 3.8) is 0 Å². The first-order valence-corrected chi connectivity index (χ1v) is 8.24. The van der Waals surface area contributed by atoms with Crippen molar-refractivity contribution in [3.05, 3.63) is 0 Å². The Morgan fingerprint density at radius 2 is 1.41 bits per heavy atom. The number of rotatable bonds is 15. The van der Waals surface area contributed by atoms with E-state index in [2.05, 4.69) is 12.2 Å². The molecule has 124 valence electrons. The molecule has 2 N–H and O–H groups in total. The summed E-state index contributed by atoms with van der Waals surface area (Å²) < 4.78 is 0. The van der Waals surface area contributed by atoms with Gasteiger partial charge in [-0.1, -0.05) is 64.7 Å². The topological polar surface area (TPSA) is 89.5 Å². The van der Waals surface area contributed by atoms with Gasteiger partial charge in [-0.05, 0) is 13.0 Å². The van der Waals surface area contributed by atoms with E-state index in [0.717, 1.165) is 19.3 Å². The zero-order valence-electron chi connectivity index (χ0n) is 14.2. The second kappa shape index (κ2) is 17.3. The predicted molar refractivity (Wildman–Crippen MR) is 80.9 cm³/mol. The number of carbonyl (C=O) groups excluding carboxylic acids is 1. The summed E-state index contributed by atoms with van der Waals surface area (Å²) in [6, 6.07) is -1.08. The Kier molecular flexibility index (Phi) is 18.9. The van der Waals surface area contributed by atoms with E-state index in [1.165, 1.54) is 44.9 Å². The monoisotopic (exact) mass is 323 g/mol. The second-order valence-electron chi connectivity index (χ2n) is 5.61. The molecule has 0 aromatic carbocycles. The Morgan fingerprint density at radius 1 is 0.955 bits per heavy atom. The van der Waals surface area contributed by atoms with Gasteiger partial charge in [0.05, 0.1) is 18.4 Å². The van der Waals surface area contributed by atoms with Crippen LogP contribution in [0.25, 0.3) is 0 Å². The second-order valence-corrected chi connectivity index (χ2v) is 5.61. The molecule has 22 heavy (non-hydrogen) atoms. The maximum atomic E-state index is 10.7. The van der Waals surface area contributed by atoms with Crippen molar-refractivity contribution in [2.24, 2.45) is 0 Å². The smallest absolute Gasteiger partial charge is 0.548 e. The van der Waals surface area contributed by atoms with E-state index in [4.69, 9.17) is 5.11 Å². The average molecular weight is 323 g/mol. The Labute approximate surface area is 156 Å². The summed E-state index contributed by atoms with van der Waals surface area (Å²) in [6.07, 6.45) is 11.8. The molecule has 1 atom stereocenters. The number of carboxylic acid groups (broad SMARTS) is 2. The molecule has 0 rings (SSSR count). The summed E-state index contributed by atoms with van der Waals surface area (Å²) in [5, 5.41) is 22.0. The molecule has 0 saturated carbocycles. The molecular weight excluding hydrogens is 293 g/mol. The molecule has 6 heteroatoms. The van der Waals surface area contributed by atoms with Crippen LogP contribution in [0.4, 0.5) is 0 Å². The number of aliphatic carboxylic acids is 2. The van der Waals surface area contributed by atoms with Crippen molar-refractivity contribution in [3.8, 4) is 0 Å². The number of carboxylic acids is 2. The minimum Gasteiger partial charge on any atom is -0.548 e.